The van der Waals surface area contributed by atoms with Crippen molar-refractivity contribution in [2.24, 2.45) is 0 Å². The maximum absolute atomic E-state index is 10.5. The van der Waals surface area contributed by atoms with Crippen molar-refractivity contribution in [2.45, 2.75) is 19.8 Å². The molecular weight excluding hydrogens is 152 g/mol. The standard InChI is InChI=1S/C7H11ClO2/c1-2-3-6-10-7(9)4-5-8/h4-5H,2-3,6H2,1H3. The lowest BCUT2D eigenvalue weighted by atomic mass is 10.4. The number of hydrogen-bond donors (Lipinski definition) is 0. The average Bonchev–Trinajstić information content (AvgIpc) is 1.89. The molecule has 0 spiro atoms. The van der Waals surface area contributed by atoms with Crippen LogP contribution in [-0.4, -0.2) is 12.6 Å². The zero-order chi connectivity index (χ0) is 7.82. The van der Waals surface area contributed by atoms with Gasteiger partial charge in [0.15, 0.2) is 0 Å². The van der Waals surface area contributed by atoms with Gasteiger partial charge in [0.2, 0.25) is 0 Å². The van der Waals surface area contributed by atoms with Gasteiger partial charge in [-0.1, -0.05) is 24.9 Å². The minimum Gasteiger partial charge on any atom is -0.463 e. The zero-order valence-corrected chi connectivity index (χ0v) is 6.73. The first-order valence-electron chi connectivity index (χ1n) is 3.24. The molecule has 0 heterocycles. The molecule has 0 aromatic rings. The van der Waals surface area contributed by atoms with Gasteiger partial charge in [-0.25, -0.2) is 4.79 Å². The lowest BCUT2D eigenvalue weighted by Gasteiger charge is -1.97. The Labute approximate surface area is 65.8 Å². The van der Waals surface area contributed by atoms with E-state index in [0.717, 1.165) is 18.4 Å². The number of rotatable bonds is 4. The molecule has 2 nitrogen and oxygen atoms in total. The topological polar surface area (TPSA) is 26.3 Å². The van der Waals surface area contributed by atoms with E-state index in [1.807, 2.05) is 6.92 Å². The van der Waals surface area contributed by atoms with Crippen LogP contribution in [0, 0.1) is 0 Å². The third-order valence-electron chi connectivity index (χ3n) is 0.941. The van der Waals surface area contributed by atoms with Crippen molar-refractivity contribution in [3.63, 3.8) is 0 Å². The maximum Gasteiger partial charge on any atom is 0.331 e. The summed E-state index contributed by atoms with van der Waals surface area (Å²) in [5.41, 5.74) is 1.15. The fourth-order valence-corrected chi connectivity index (χ4v) is 0.520. The molecule has 0 aliphatic heterocycles. The molecule has 0 unspecified atom stereocenters. The van der Waals surface area contributed by atoms with E-state index in [1.165, 1.54) is 6.08 Å². The monoisotopic (exact) mass is 162 g/mol. The molecule has 0 aliphatic rings. The Morgan fingerprint density at radius 2 is 2.40 bits per heavy atom. The molecule has 58 valence electrons. The van der Waals surface area contributed by atoms with E-state index in [-0.39, 0.29) is 5.97 Å². The Morgan fingerprint density at radius 3 is 2.90 bits per heavy atom. The van der Waals surface area contributed by atoms with Crippen molar-refractivity contribution >= 4 is 17.6 Å². The highest BCUT2D eigenvalue weighted by atomic mass is 35.5. The fraction of sp³-hybridized carbons (Fsp3) is 0.571. The van der Waals surface area contributed by atoms with Crippen molar-refractivity contribution in [1.82, 2.24) is 0 Å². The Hall–Kier alpha value is -0.500. The van der Waals surface area contributed by atoms with Gasteiger partial charge in [0.25, 0.3) is 0 Å². The number of esters is 1. The molecule has 0 aromatic heterocycles. The van der Waals surface area contributed by atoms with Crippen molar-refractivity contribution < 1.29 is 9.53 Å². The smallest absolute Gasteiger partial charge is 0.331 e. The Balaban J connectivity index is 3.22. The summed E-state index contributed by atoms with van der Waals surface area (Å²) in [5, 5.41) is 0. The van der Waals surface area contributed by atoms with E-state index in [4.69, 9.17) is 16.3 Å². The van der Waals surface area contributed by atoms with Crippen LogP contribution < -0.4 is 0 Å². The van der Waals surface area contributed by atoms with E-state index in [2.05, 4.69) is 0 Å². The SMILES string of the molecule is CCCCOC(=O)C=CCl. The first-order valence-corrected chi connectivity index (χ1v) is 3.68. The second-order valence-corrected chi connectivity index (χ2v) is 2.07. The zero-order valence-electron chi connectivity index (χ0n) is 5.97. The van der Waals surface area contributed by atoms with Gasteiger partial charge in [-0.05, 0) is 6.42 Å². The van der Waals surface area contributed by atoms with Crippen LogP contribution in [0.2, 0.25) is 0 Å². The molecule has 0 radical (unpaired) electrons. The fourth-order valence-electron chi connectivity index (χ4n) is 0.417. The average molecular weight is 163 g/mol. The number of hydrogen-bond acceptors (Lipinski definition) is 2. The molecule has 0 saturated carbocycles. The largest absolute Gasteiger partial charge is 0.463 e. The minimum atomic E-state index is -0.372. The van der Waals surface area contributed by atoms with E-state index >= 15 is 0 Å². The summed E-state index contributed by atoms with van der Waals surface area (Å²) in [5.74, 6) is -0.372. The van der Waals surface area contributed by atoms with Gasteiger partial charge in [0.05, 0.1) is 6.61 Å². The van der Waals surface area contributed by atoms with Crippen molar-refractivity contribution in [2.75, 3.05) is 6.61 Å². The first-order chi connectivity index (χ1) is 4.81. The molecule has 3 heteroatoms. The molecule has 0 N–H and O–H groups in total. The highest BCUT2D eigenvalue weighted by molar-refractivity contribution is 6.26. The summed E-state index contributed by atoms with van der Waals surface area (Å²) in [6.07, 6.45) is 3.12. The molecule has 10 heavy (non-hydrogen) atoms. The summed E-state index contributed by atoms with van der Waals surface area (Å²) in [6, 6.07) is 0. The highest BCUT2D eigenvalue weighted by Crippen LogP contribution is 1.90. The van der Waals surface area contributed by atoms with Crippen LogP contribution in [0.4, 0.5) is 0 Å². The molecule has 0 aromatic carbocycles. The summed E-state index contributed by atoms with van der Waals surface area (Å²) in [4.78, 5) is 10.5. The van der Waals surface area contributed by atoms with E-state index in [0.29, 0.717) is 6.61 Å². The summed E-state index contributed by atoms with van der Waals surface area (Å²) in [6.45, 7) is 2.52. The number of ether oxygens (including phenoxy) is 1. The van der Waals surface area contributed by atoms with Gasteiger partial charge in [-0.3, -0.25) is 0 Å². The van der Waals surface area contributed by atoms with E-state index in [9.17, 15) is 4.79 Å². The second-order valence-electron chi connectivity index (χ2n) is 1.81. The predicted molar refractivity (Wildman–Crippen MR) is 40.9 cm³/mol. The number of carbonyl (C=O) groups excluding carboxylic acids is 1. The molecule has 0 rings (SSSR count). The Bertz CT molecular complexity index is 121. The van der Waals surface area contributed by atoms with Crippen LogP contribution in [0.15, 0.2) is 11.6 Å². The quantitative estimate of drug-likeness (QED) is 0.360. The Morgan fingerprint density at radius 1 is 1.70 bits per heavy atom. The van der Waals surface area contributed by atoms with Gasteiger partial charge in [0, 0.05) is 11.6 Å². The van der Waals surface area contributed by atoms with Crippen LogP contribution in [0.25, 0.3) is 0 Å². The lowest BCUT2D eigenvalue weighted by Crippen LogP contribution is -2.01. The van der Waals surface area contributed by atoms with Crippen LogP contribution in [0.3, 0.4) is 0 Å². The van der Waals surface area contributed by atoms with Crippen LogP contribution in [0.1, 0.15) is 19.8 Å². The molecule has 0 bridgehead atoms. The van der Waals surface area contributed by atoms with Gasteiger partial charge in [0.1, 0.15) is 0 Å². The van der Waals surface area contributed by atoms with Gasteiger partial charge >= 0.3 is 5.97 Å². The maximum atomic E-state index is 10.5. The number of carbonyl (C=O) groups is 1. The lowest BCUT2D eigenvalue weighted by molar-refractivity contribution is -0.137. The van der Waals surface area contributed by atoms with Crippen molar-refractivity contribution in [1.29, 1.82) is 0 Å². The molecule has 0 fully saturated rings. The summed E-state index contributed by atoms with van der Waals surface area (Å²) < 4.78 is 4.71. The predicted octanol–water partition coefficient (Wildman–Crippen LogP) is 2.08. The van der Waals surface area contributed by atoms with Crippen LogP contribution in [-0.2, 0) is 9.53 Å². The molecule has 0 aliphatic carbocycles. The summed E-state index contributed by atoms with van der Waals surface area (Å²) >= 11 is 5.13. The molecule has 0 saturated heterocycles. The first kappa shape index (κ1) is 9.50. The molecule has 0 amide bonds. The van der Waals surface area contributed by atoms with Gasteiger partial charge in [-0.15, -0.1) is 0 Å². The summed E-state index contributed by atoms with van der Waals surface area (Å²) in [7, 11) is 0. The van der Waals surface area contributed by atoms with Crippen molar-refractivity contribution in [3.05, 3.63) is 11.6 Å². The van der Waals surface area contributed by atoms with Crippen LogP contribution in [0.5, 0.6) is 0 Å². The van der Waals surface area contributed by atoms with Crippen molar-refractivity contribution in [3.8, 4) is 0 Å². The third kappa shape index (κ3) is 5.63. The third-order valence-corrected chi connectivity index (χ3v) is 1.07. The van der Waals surface area contributed by atoms with Gasteiger partial charge in [-0.2, -0.15) is 0 Å². The molecular formula is C7H11ClO2. The van der Waals surface area contributed by atoms with E-state index in [1.54, 1.807) is 0 Å². The second kappa shape index (κ2) is 6.62. The Kier molecular flexibility index (Phi) is 6.29. The number of halogens is 1. The van der Waals surface area contributed by atoms with E-state index < -0.39 is 0 Å². The highest BCUT2D eigenvalue weighted by Gasteiger charge is 1.93. The van der Waals surface area contributed by atoms with Gasteiger partial charge < -0.3 is 4.74 Å². The number of unbranched alkanes of at least 4 members (excludes halogenated alkanes) is 1. The van der Waals surface area contributed by atoms with Crippen LogP contribution >= 0.6 is 11.6 Å². The molecule has 0 atom stereocenters. The minimum absolute atomic E-state index is 0.372. The normalized spacial score (nSPS) is 10.2.